The number of amides is 1. The number of carbonyl (C=O) groups excluding carboxylic acids is 3. The van der Waals surface area contributed by atoms with Crippen molar-refractivity contribution in [2.75, 3.05) is 19.0 Å². The second kappa shape index (κ2) is 5.33. The van der Waals surface area contributed by atoms with E-state index in [4.69, 9.17) is 4.74 Å². The van der Waals surface area contributed by atoms with E-state index in [0.29, 0.717) is 19.4 Å². The van der Waals surface area contributed by atoms with Crippen LogP contribution in [0.2, 0.25) is 0 Å². The summed E-state index contributed by atoms with van der Waals surface area (Å²) in [5.74, 6) is -0.149. The van der Waals surface area contributed by atoms with Crippen LogP contribution < -0.4 is 5.32 Å². The van der Waals surface area contributed by atoms with E-state index in [9.17, 15) is 14.4 Å². The molecule has 2 bridgehead atoms. The van der Waals surface area contributed by atoms with Crippen molar-refractivity contribution < 1.29 is 19.1 Å². The van der Waals surface area contributed by atoms with E-state index in [2.05, 4.69) is 5.32 Å². The molecule has 1 aromatic rings. The number of benzene rings is 1. The number of ketones is 1. The highest BCUT2D eigenvalue weighted by molar-refractivity contribution is 5.96. The number of piperidine rings is 1. The van der Waals surface area contributed by atoms with Crippen LogP contribution in [0.25, 0.3) is 0 Å². The number of hydrogen-bond acceptors (Lipinski definition) is 5. The molecule has 2 aliphatic heterocycles. The van der Waals surface area contributed by atoms with E-state index in [-0.39, 0.29) is 29.6 Å². The first kappa shape index (κ1) is 16.8. The molecule has 142 valence electrons. The van der Waals surface area contributed by atoms with Gasteiger partial charge in [0.15, 0.2) is 0 Å². The van der Waals surface area contributed by atoms with Crippen molar-refractivity contribution in [3.8, 4) is 0 Å². The van der Waals surface area contributed by atoms with Gasteiger partial charge in [-0.3, -0.25) is 9.59 Å². The Balaban J connectivity index is 1.84. The number of likely N-dealkylation sites (tertiary alicyclic amines) is 1. The number of Topliss-reactive ketones (excluding diaryl/α,β-unsaturated/α-hetero) is 1. The molecule has 1 saturated heterocycles. The topological polar surface area (TPSA) is 75.7 Å². The largest absolute Gasteiger partial charge is 0.467 e. The minimum absolute atomic E-state index is 0.169. The lowest BCUT2D eigenvalue weighted by atomic mass is 9.42. The van der Waals surface area contributed by atoms with E-state index in [0.717, 1.165) is 36.9 Å². The van der Waals surface area contributed by atoms with Crippen molar-refractivity contribution in [1.82, 2.24) is 4.90 Å². The zero-order chi connectivity index (χ0) is 18.9. The summed E-state index contributed by atoms with van der Waals surface area (Å²) in [6.45, 7) is 0.672. The molecule has 5 rings (SSSR count). The molecule has 1 N–H and O–H groups in total. The highest BCUT2D eigenvalue weighted by Crippen LogP contribution is 2.67. The van der Waals surface area contributed by atoms with E-state index >= 15 is 0 Å². The summed E-state index contributed by atoms with van der Waals surface area (Å²) in [7, 11) is 1.40. The van der Waals surface area contributed by atoms with Crippen LogP contribution in [-0.4, -0.2) is 48.3 Å². The Morgan fingerprint density at radius 2 is 2.07 bits per heavy atom. The maximum absolute atomic E-state index is 13.2. The lowest BCUT2D eigenvalue weighted by Crippen LogP contribution is -2.77. The van der Waals surface area contributed by atoms with Gasteiger partial charge in [-0.15, -0.1) is 0 Å². The van der Waals surface area contributed by atoms with Gasteiger partial charge in [0.2, 0.25) is 6.41 Å². The first-order valence-corrected chi connectivity index (χ1v) is 9.72. The lowest BCUT2D eigenvalue weighted by Gasteiger charge is -2.66. The van der Waals surface area contributed by atoms with Crippen LogP contribution >= 0.6 is 0 Å². The Bertz CT molecular complexity index is 854. The van der Waals surface area contributed by atoms with Crippen LogP contribution in [-0.2, 0) is 24.5 Å². The van der Waals surface area contributed by atoms with Crippen LogP contribution in [0.1, 0.15) is 44.1 Å². The summed E-state index contributed by atoms with van der Waals surface area (Å²) >= 11 is 0. The lowest BCUT2D eigenvalue weighted by molar-refractivity contribution is -0.173. The molecule has 6 nitrogen and oxygen atoms in total. The molecular weight excluding hydrogens is 344 g/mol. The van der Waals surface area contributed by atoms with Crippen molar-refractivity contribution >= 4 is 23.9 Å². The molecule has 0 aromatic heterocycles. The van der Waals surface area contributed by atoms with Crippen molar-refractivity contribution in [2.45, 2.75) is 55.5 Å². The highest BCUT2D eigenvalue weighted by Gasteiger charge is 2.76. The fourth-order valence-electron chi connectivity index (χ4n) is 6.96. The number of methoxy groups -OCH3 is 1. The van der Waals surface area contributed by atoms with Gasteiger partial charge in [0.25, 0.3) is 0 Å². The maximum Gasteiger partial charge on any atom is 0.332 e. The number of para-hydroxylation sites is 1. The second-order valence-electron chi connectivity index (χ2n) is 8.64. The molecule has 4 atom stereocenters. The van der Waals surface area contributed by atoms with Gasteiger partial charge in [0.1, 0.15) is 11.3 Å². The van der Waals surface area contributed by atoms with E-state index in [1.807, 2.05) is 29.2 Å². The number of ether oxygens (including phenoxy) is 1. The molecule has 2 saturated carbocycles. The molecule has 2 heterocycles. The van der Waals surface area contributed by atoms with Crippen molar-refractivity contribution in [3.63, 3.8) is 0 Å². The molecule has 4 aliphatic rings. The molecule has 1 amide bonds. The average Bonchev–Trinajstić information content (AvgIpc) is 2.96. The van der Waals surface area contributed by atoms with Gasteiger partial charge in [-0.25, -0.2) is 4.79 Å². The Hall–Kier alpha value is -2.37. The van der Waals surface area contributed by atoms with Gasteiger partial charge in [0, 0.05) is 25.1 Å². The molecular formula is C21H24N2O4. The van der Waals surface area contributed by atoms with Gasteiger partial charge < -0.3 is 15.0 Å². The Morgan fingerprint density at radius 1 is 1.26 bits per heavy atom. The summed E-state index contributed by atoms with van der Waals surface area (Å²) in [6, 6.07) is 7.69. The Labute approximate surface area is 158 Å². The number of nitrogens with zero attached hydrogens (tertiary/aromatic N) is 1. The zero-order valence-electron chi connectivity index (χ0n) is 15.5. The fraction of sp³-hybridized carbons (Fsp3) is 0.571. The van der Waals surface area contributed by atoms with Gasteiger partial charge in [-0.2, -0.15) is 0 Å². The van der Waals surface area contributed by atoms with Crippen molar-refractivity contribution in [3.05, 3.63) is 29.8 Å². The summed E-state index contributed by atoms with van der Waals surface area (Å²) in [4.78, 5) is 40.2. The van der Waals surface area contributed by atoms with E-state index < -0.39 is 11.0 Å². The van der Waals surface area contributed by atoms with Gasteiger partial charge in [-0.1, -0.05) is 18.2 Å². The van der Waals surface area contributed by atoms with Crippen molar-refractivity contribution in [1.29, 1.82) is 0 Å². The molecule has 1 spiro atoms. The third-order valence-electron chi connectivity index (χ3n) is 7.68. The maximum atomic E-state index is 13.2. The number of hydrogen-bond donors (Lipinski definition) is 1. The molecule has 0 unspecified atom stereocenters. The van der Waals surface area contributed by atoms with Crippen LogP contribution in [0.3, 0.4) is 0 Å². The fourth-order valence-corrected chi connectivity index (χ4v) is 6.96. The number of anilines is 1. The zero-order valence-corrected chi connectivity index (χ0v) is 15.5. The predicted molar refractivity (Wildman–Crippen MR) is 98.2 cm³/mol. The molecule has 2 aliphatic carbocycles. The molecule has 0 radical (unpaired) electrons. The van der Waals surface area contributed by atoms with Crippen LogP contribution in [0, 0.1) is 5.41 Å². The molecule has 27 heavy (non-hydrogen) atoms. The van der Waals surface area contributed by atoms with Gasteiger partial charge in [-0.05, 0) is 42.7 Å². The summed E-state index contributed by atoms with van der Waals surface area (Å²) in [6.07, 6.45) is 4.88. The second-order valence-corrected chi connectivity index (χ2v) is 8.64. The van der Waals surface area contributed by atoms with Gasteiger partial charge >= 0.3 is 5.97 Å². The summed E-state index contributed by atoms with van der Waals surface area (Å²) in [5.41, 5.74) is -0.165. The van der Waals surface area contributed by atoms with Crippen LogP contribution in [0.5, 0.6) is 0 Å². The number of carbonyl (C=O) groups is 3. The number of fused-ring (bicyclic) bond motifs is 1. The third-order valence-corrected chi connectivity index (χ3v) is 7.68. The number of nitrogens with one attached hydrogen (secondary N) is 1. The summed E-state index contributed by atoms with van der Waals surface area (Å²) in [5, 5.41) is 3.47. The normalized spacial score (nSPS) is 38.9. The third kappa shape index (κ3) is 1.79. The van der Waals surface area contributed by atoms with Crippen LogP contribution in [0.4, 0.5) is 5.69 Å². The van der Waals surface area contributed by atoms with Gasteiger partial charge in [0.05, 0.1) is 18.6 Å². The quantitative estimate of drug-likeness (QED) is 0.639. The van der Waals surface area contributed by atoms with E-state index in [1.165, 1.54) is 7.11 Å². The number of rotatable bonds is 2. The SMILES string of the molecule is COC(=O)[C@]12CC[C@@]34CCCN(C=O)[C@@H]3[C@@]1(CC(=O)C4)c1ccccc1N2. The average molecular weight is 368 g/mol. The molecule has 1 aromatic carbocycles. The standard InChI is InChI=1S/C21H24N2O4/c1-27-18(26)21-9-8-19-7-4-10-23(13-24)17(19)20(21,12-14(25)11-19)15-5-2-3-6-16(15)22-21/h2-3,5-6,13,17,22H,4,7-12H2,1H3/t17-,19+,20+,21+/m0/s1. The predicted octanol–water partition coefficient (Wildman–Crippen LogP) is 2.03. The molecule has 6 heteroatoms. The Morgan fingerprint density at radius 3 is 2.85 bits per heavy atom. The minimum Gasteiger partial charge on any atom is -0.467 e. The first-order valence-electron chi connectivity index (χ1n) is 9.72. The smallest absolute Gasteiger partial charge is 0.332 e. The summed E-state index contributed by atoms with van der Waals surface area (Å²) < 4.78 is 5.27. The minimum atomic E-state index is -1.01. The van der Waals surface area contributed by atoms with E-state index in [1.54, 1.807) is 0 Å². The number of esters is 1. The van der Waals surface area contributed by atoms with Crippen molar-refractivity contribution in [2.24, 2.45) is 5.41 Å². The van der Waals surface area contributed by atoms with Crippen LogP contribution in [0.15, 0.2) is 24.3 Å². The first-order chi connectivity index (χ1) is 13.0. The Kier molecular flexibility index (Phi) is 3.31. The molecule has 3 fully saturated rings. The highest BCUT2D eigenvalue weighted by atomic mass is 16.5. The monoisotopic (exact) mass is 368 g/mol.